The van der Waals surface area contributed by atoms with Crippen LogP contribution in [-0.2, 0) is 17.9 Å². The van der Waals surface area contributed by atoms with Crippen molar-refractivity contribution in [1.29, 1.82) is 0 Å². The molecule has 0 N–H and O–H groups in total. The van der Waals surface area contributed by atoms with Gasteiger partial charge in [0.1, 0.15) is 5.76 Å². The van der Waals surface area contributed by atoms with Gasteiger partial charge < -0.3 is 18.8 Å². The molecule has 1 aromatic carbocycles. The van der Waals surface area contributed by atoms with Crippen molar-refractivity contribution in [3.63, 3.8) is 0 Å². The van der Waals surface area contributed by atoms with Gasteiger partial charge in [-0.3, -0.25) is 9.78 Å². The lowest BCUT2D eigenvalue weighted by atomic mass is 10.2. The van der Waals surface area contributed by atoms with Crippen molar-refractivity contribution in [2.45, 2.75) is 20.0 Å². The second-order valence-corrected chi connectivity index (χ2v) is 5.86. The van der Waals surface area contributed by atoms with Crippen molar-refractivity contribution in [1.82, 2.24) is 9.88 Å². The van der Waals surface area contributed by atoms with E-state index in [1.165, 1.54) is 0 Å². The SMILES string of the molecule is CCOc1ccccc1OCC(=O)N(Cc1cccnc1)Cc1ccco1. The molecule has 0 spiro atoms. The van der Waals surface area contributed by atoms with Crippen LogP contribution in [0.1, 0.15) is 18.2 Å². The van der Waals surface area contributed by atoms with Gasteiger partial charge in [0, 0.05) is 18.9 Å². The number of aromatic nitrogens is 1. The van der Waals surface area contributed by atoms with Gasteiger partial charge in [0.25, 0.3) is 5.91 Å². The van der Waals surface area contributed by atoms with Gasteiger partial charge in [-0.05, 0) is 42.8 Å². The van der Waals surface area contributed by atoms with Crippen LogP contribution in [0.2, 0.25) is 0 Å². The molecule has 0 aliphatic rings. The number of amides is 1. The fourth-order valence-corrected chi connectivity index (χ4v) is 2.61. The minimum absolute atomic E-state index is 0.0922. The average molecular weight is 366 g/mol. The summed E-state index contributed by atoms with van der Waals surface area (Å²) in [6.07, 6.45) is 5.04. The Morgan fingerprint density at radius 1 is 1.04 bits per heavy atom. The maximum Gasteiger partial charge on any atom is 0.261 e. The van der Waals surface area contributed by atoms with Crippen molar-refractivity contribution in [2.75, 3.05) is 13.2 Å². The Kier molecular flexibility index (Phi) is 6.46. The number of benzene rings is 1. The lowest BCUT2D eigenvalue weighted by Gasteiger charge is -2.22. The standard InChI is InChI=1S/C21H22N2O4/c1-2-25-19-9-3-4-10-20(19)27-16-21(24)23(15-18-8-6-12-26-18)14-17-7-5-11-22-13-17/h3-13H,2,14-16H2,1H3. The molecule has 1 amide bonds. The molecular weight excluding hydrogens is 344 g/mol. The van der Waals surface area contributed by atoms with Gasteiger partial charge >= 0.3 is 0 Å². The minimum atomic E-state index is -0.151. The van der Waals surface area contributed by atoms with Crippen LogP contribution in [0.15, 0.2) is 71.6 Å². The lowest BCUT2D eigenvalue weighted by Crippen LogP contribution is -2.34. The third-order valence-corrected chi connectivity index (χ3v) is 3.88. The molecule has 0 fully saturated rings. The molecule has 0 aliphatic carbocycles. The molecule has 0 bridgehead atoms. The van der Waals surface area contributed by atoms with E-state index in [2.05, 4.69) is 4.98 Å². The maximum atomic E-state index is 12.8. The van der Waals surface area contributed by atoms with E-state index in [0.717, 1.165) is 5.56 Å². The van der Waals surface area contributed by atoms with Gasteiger partial charge in [0.2, 0.25) is 0 Å². The zero-order valence-electron chi connectivity index (χ0n) is 15.2. The molecule has 2 aromatic heterocycles. The zero-order chi connectivity index (χ0) is 18.9. The van der Waals surface area contributed by atoms with Gasteiger partial charge in [-0.25, -0.2) is 0 Å². The molecular formula is C21H22N2O4. The van der Waals surface area contributed by atoms with Crippen LogP contribution in [0.4, 0.5) is 0 Å². The number of rotatable bonds is 9. The zero-order valence-corrected chi connectivity index (χ0v) is 15.2. The minimum Gasteiger partial charge on any atom is -0.490 e. The van der Waals surface area contributed by atoms with E-state index >= 15 is 0 Å². The highest BCUT2D eigenvalue weighted by Gasteiger charge is 2.17. The van der Waals surface area contributed by atoms with Crippen LogP contribution in [0.5, 0.6) is 11.5 Å². The molecule has 0 radical (unpaired) electrons. The van der Waals surface area contributed by atoms with Crippen molar-refractivity contribution >= 4 is 5.91 Å². The van der Waals surface area contributed by atoms with Crippen LogP contribution in [0.3, 0.4) is 0 Å². The number of carbonyl (C=O) groups is 1. The first-order chi connectivity index (χ1) is 13.3. The lowest BCUT2D eigenvalue weighted by molar-refractivity contribution is -0.134. The molecule has 0 saturated heterocycles. The summed E-state index contributed by atoms with van der Waals surface area (Å²) in [4.78, 5) is 18.6. The van der Waals surface area contributed by atoms with Crippen molar-refractivity contribution < 1.29 is 18.7 Å². The number of nitrogens with zero attached hydrogens (tertiary/aromatic N) is 2. The Labute approximate surface area is 158 Å². The van der Waals surface area contributed by atoms with Gasteiger partial charge in [-0.2, -0.15) is 0 Å². The summed E-state index contributed by atoms with van der Waals surface area (Å²) in [5.41, 5.74) is 0.937. The highest BCUT2D eigenvalue weighted by atomic mass is 16.5. The highest BCUT2D eigenvalue weighted by molar-refractivity contribution is 5.77. The van der Waals surface area contributed by atoms with Crippen LogP contribution in [0.25, 0.3) is 0 Å². The number of hydrogen-bond acceptors (Lipinski definition) is 5. The third kappa shape index (κ3) is 5.34. The van der Waals surface area contributed by atoms with E-state index in [1.807, 2.05) is 43.3 Å². The molecule has 0 unspecified atom stereocenters. The summed E-state index contributed by atoms with van der Waals surface area (Å²) in [7, 11) is 0. The normalized spacial score (nSPS) is 10.4. The highest BCUT2D eigenvalue weighted by Crippen LogP contribution is 2.26. The van der Waals surface area contributed by atoms with Gasteiger partial charge in [-0.1, -0.05) is 18.2 Å². The average Bonchev–Trinajstić information content (AvgIpc) is 3.21. The maximum absolute atomic E-state index is 12.8. The Morgan fingerprint density at radius 2 is 1.85 bits per heavy atom. The number of pyridine rings is 1. The van der Waals surface area contributed by atoms with Gasteiger partial charge in [0.05, 0.1) is 19.4 Å². The second-order valence-electron chi connectivity index (χ2n) is 5.86. The monoisotopic (exact) mass is 366 g/mol. The van der Waals surface area contributed by atoms with E-state index in [9.17, 15) is 4.79 Å². The molecule has 0 atom stereocenters. The molecule has 3 aromatic rings. The Balaban J connectivity index is 1.69. The number of furan rings is 1. The summed E-state index contributed by atoms with van der Waals surface area (Å²) in [6.45, 7) is 3.12. The van der Waals surface area contributed by atoms with Gasteiger partial charge in [-0.15, -0.1) is 0 Å². The molecule has 0 aliphatic heterocycles. The van der Waals surface area contributed by atoms with Crippen molar-refractivity contribution in [2.24, 2.45) is 0 Å². The Hall–Kier alpha value is -3.28. The smallest absolute Gasteiger partial charge is 0.261 e. The first-order valence-electron chi connectivity index (χ1n) is 8.80. The third-order valence-electron chi connectivity index (χ3n) is 3.88. The molecule has 3 rings (SSSR count). The molecule has 2 heterocycles. The summed E-state index contributed by atoms with van der Waals surface area (Å²) in [5.74, 6) is 1.73. The first-order valence-corrected chi connectivity index (χ1v) is 8.80. The van der Waals surface area contributed by atoms with Crippen LogP contribution < -0.4 is 9.47 Å². The number of hydrogen-bond donors (Lipinski definition) is 0. The predicted molar refractivity (Wildman–Crippen MR) is 100 cm³/mol. The fraction of sp³-hybridized carbons (Fsp3) is 0.238. The van der Waals surface area contributed by atoms with E-state index in [-0.39, 0.29) is 12.5 Å². The van der Waals surface area contributed by atoms with E-state index in [1.54, 1.807) is 35.7 Å². The number of para-hydroxylation sites is 2. The van der Waals surface area contributed by atoms with Crippen LogP contribution in [-0.4, -0.2) is 29.0 Å². The topological polar surface area (TPSA) is 64.8 Å². The number of ether oxygens (including phenoxy) is 2. The Bertz CT molecular complexity index is 834. The molecule has 6 heteroatoms. The predicted octanol–water partition coefficient (Wildman–Crippen LogP) is 3.68. The summed E-state index contributed by atoms with van der Waals surface area (Å²) < 4.78 is 16.7. The summed E-state index contributed by atoms with van der Waals surface area (Å²) in [6, 6.07) is 14.7. The Morgan fingerprint density at radius 3 is 2.52 bits per heavy atom. The fourth-order valence-electron chi connectivity index (χ4n) is 2.61. The van der Waals surface area contributed by atoms with Crippen LogP contribution in [0, 0.1) is 0 Å². The largest absolute Gasteiger partial charge is 0.490 e. The molecule has 6 nitrogen and oxygen atoms in total. The first kappa shape index (κ1) is 18.5. The molecule has 140 valence electrons. The quantitative estimate of drug-likeness (QED) is 0.578. The van der Waals surface area contributed by atoms with Crippen LogP contribution >= 0.6 is 0 Å². The summed E-state index contributed by atoms with van der Waals surface area (Å²) >= 11 is 0. The summed E-state index contributed by atoms with van der Waals surface area (Å²) in [5, 5.41) is 0. The second kappa shape index (κ2) is 9.43. The number of carbonyl (C=O) groups excluding carboxylic acids is 1. The van der Waals surface area contributed by atoms with E-state index in [0.29, 0.717) is 37.0 Å². The van der Waals surface area contributed by atoms with E-state index < -0.39 is 0 Å². The molecule has 0 saturated carbocycles. The van der Waals surface area contributed by atoms with E-state index in [4.69, 9.17) is 13.9 Å². The van der Waals surface area contributed by atoms with Crippen molar-refractivity contribution in [3.8, 4) is 11.5 Å². The van der Waals surface area contributed by atoms with Crippen molar-refractivity contribution in [3.05, 3.63) is 78.5 Å². The molecule has 27 heavy (non-hydrogen) atoms. The van der Waals surface area contributed by atoms with Gasteiger partial charge in [0.15, 0.2) is 18.1 Å².